The minimum atomic E-state index is -3.66. The predicted molar refractivity (Wildman–Crippen MR) is 132 cm³/mol. The molecule has 0 bridgehead atoms. The smallest absolute Gasteiger partial charge is 0.253 e. The Morgan fingerprint density at radius 2 is 1.76 bits per heavy atom. The minimum Gasteiger partial charge on any atom is -0.371 e. The summed E-state index contributed by atoms with van der Waals surface area (Å²) >= 11 is 6.60. The number of nitrogens with one attached hydrogen (secondary N) is 1. The van der Waals surface area contributed by atoms with Gasteiger partial charge in [0, 0.05) is 44.2 Å². The molecule has 4 aliphatic rings. The number of carbonyl (C=O) groups excluding carboxylic acids is 1. The lowest BCUT2D eigenvalue weighted by atomic mass is 9.73. The van der Waals surface area contributed by atoms with E-state index in [2.05, 4.69) is 10.2 Å². The molecule has 9 heteroatoms. The SMILES string of the molecule is C[C@H]1CC2(CCCCC2)CN1S(=O)(=O)c1ccc(N2CCC3(CC2)NC(=O)C(C)(C)O3)cc1Cl. The first-order valence-corrected chi connectivity index (χ1v) is 14.4. The second kappa shape index (κ2) is 8.36. The molecule has 3 aliphatic heterocycles. The Kier molecular flexibility index (Phi) is 5.98. The summed E-state index contributed by atoms with van der Waals surface area (Å²) in [6, 6.07) is 5.27. The Hall–Kier alpha value is -1.35. The van der Waals surface area contributed by atoms with Gasteiger partial charge in [-0.05, 0) is 63.6 Å². The van der Waals surface area contributed by atoms with Gasteiger partial charge in [-0.2, -0.15) is 4.31 Å². The van der Waals surface area contributed by atoms with Gasteiger partial charge in [-0.3, -0.25) is 4.79 Å². The van der Waals surface area contributed by atoms with Crippen molar-refractivity contribution in [3.8, 4) is 0 Å². The van der Waals surface area contributed by atoms with Crippen LogP contribution < -0.4 is 10.2 Å². The molecule has 1 atom stereocenters. The van der Waals surface area contributed by atoms with Crippen molar-refractivity contribution < 1.29 is 17.9 Å². The fourth-order valence-corrected chi connectivity index (χ4v) is 8.82. The number of carbonyl (C=O) groups is 1. The second-order valence-electron chi connectivity index (χ2n) is 11.3. The third kappa shape index (κ3) is 4.14. The lowest BCUT2D eigenvalue weighted by Crippen LogP contribution is -2.52. The number of hydrogen-bond acceptors (Lipinski definition) is 5. The predicted octanol–water partition coefficient (Wildman–Crippen LogP) is 4.29. The van der Waals surface area contributed by atoms with Gasteiger partial charge in [0.2, 0.25) is 10.0 Å². The van der Waals surface area contributed by atoms with E-state index in [9.17, 15) is 13.2 Å². The molecule has 7 nitrogen and oxygen atoms in total. The van der Waals surface area contributed by atoms with Crippen molar-refractivity contribution in [3.05, 3.63) is 23.2 Å². The summed E-state index contributed by atoms with van der Waals surface area (Å²) in [5, 5.41) is 3.30. The molecule has 2 spiro atoms. The zero-order valence-corrected chi connectivity index (χ0v) is 22.0. The Morgan fingerprint density at radius 3 is 2.35 bits per heavy atom. The van der Waals surface area contributed by atoms with E-state index in [1.54, 1.807) is 30.3 Å². The molecule has 0 radical (unpaired) electrons. The molecule has 1 amide bonds. The number of benzene rings is 1. The number of halogens is 1. The highest BCUT2D eigenvalue weighted by Gasteiger charge is 2.51. The molecule has 1 aliphatic carbocycles. The largest absolute Gasteiger partial charge is 0.371 e. The molecular weight excluding hydrogens is 474 g/mol. The van der Waals surface area contributed by atoms with E-state index >= 15 is 0 Å². The maximum absolute atomic E-state index is 13.6. The van der Waals surface area contributed by atoms with Crippen molar-refractivity contribution in [2.24, 2.45) is 5.41 Å². The first kappa shape index (κ1) is 24.3. The third-order valence-corrected chi connectivity index (χ3v) is 10.8. The van der Waals surface area contributed by atoms with Gasteiger partial charge in [-0.25, -0.2) is 8.42 Å². The van der Waals surface area contributed by atoms with Crippen LogP contribution >= 0.6 is 11.6 Å². The van der Waals surface area contributed by atoms with Gasteiger partial charge in [-0.15, -0.1) is 0 Å². The maximum Gasteiger partial charge on any atom is 0.253 e. The lowest BCUT2D eigenvalue weighted by molar-refractivity contribution is -0.135. The van der Waals surface area contributed by atoms with E-state index in [4.69, 9.17) is 16.3 Å². The molecule has 0 aromatic heterocycles. The molecule has 0 unspecified atom stereocenters. The Morgan fingerprint density at radius 1 is 1.09 bits per heavy atom. The number of hydrogen-bond donors (Lipinski definition) is 1. The van der Waals surface area contributed by atoms with Crippen molar-refractivity contribution in [1.82, 2.24) is 9.62 Å². The zero-order chi connectivity index (χ0) is 24.4. The highest BCUT2D eigenvalue weighted by molar-refractivity contribution is 7.89. The van der Waals surface area contributed by atoms with Crippen molar-refractivity contribution in [1.29, 1.82) is 0 Å². The highest BCUT2D eigenvalue weighted by Crippen LogP contribution is 2.48. The Bertz CT molecular complexity index is 1080. The summed E-state index contributed by atoms with van der Waals surface area (Å²) in [4.78, 5) is 14.6. The number of piperidine rings is 1. The minimum absolute atomic E-state index is 0.0111. The normalized spacial score (nSPS) is 28.5. The molecule has 3 heterocycles. The third-order valence-electron chi connectivity index (χ3n) is 8.40. The van der Waals surface area contributed by atoms with Gasteiger partial charge >= 0.3 is 0 Å². The summed E-state index contributed by atoms with van der Waals surface area (Å²) in [6.45, 7) is 7.58. The maximum atomic E-state index is 13.6. The molecule has 1 saturated carbocycles. The van der Waals surface area contributed by atoms with Crippen molar-refractivity contribution >= 4 is 33.2 Å². The van der Waals surface area contributed by atoms with Crippen LogP contribution in [0.2, 0.25) is 5.02 Å². The number of ether oxygens (including phenoxy) is 1. The summed E-state index contributed by atoms with van der Waals surface area (Å²) in [7, 11) is -3.66. The van der Waals surface area contributed by atoms with Crippen LogP contribution in [0.3, 0.4) is 0 Å². The van der Waals surface area contributed by atoms with Crippen LogP contribution in [0.4, 0.5) is 5.69 Å². The molecule has 34 heavy (non-hydrogen) atoms. The van der Waals surface area contributed by atoms with E-state index < -0.39 is 21.3 Å². The second-order valence-corrected chi connectivity index (χ2v) is 13.6. The average molecular weight is 510 g/mol. The number of sulfonamides is 1. The van der Waals surface area contributed by atoms with E-state index in [1.807, 2.05) is 13.0 Å². The monoisotopic (exact) mass is 509 g/mol. The van der Waals surface area contributed by atoms with Gasteiger partial charge in [0.1, 0.15) is 16.2 Å². The molecule has 1 N–H and O–H groups in total. The highest BCUT2D eigenvalue weighted by atomic mass is 35.5. The lowest BCUT2D eigenvalue weighted by Gasteiger charge is -2.40. The molecule has 188 valence electrons. The first-order valence-electron chi connectivity index (χ1n) is 12.5. The van der Waals surface area contributed by atoms with Gasteiger partial charge in [0.25, 0.3) is 5.91 Å². The summed E-state index contributed by atoms with van der Waals surface area (Å²) in [5.41, 5.74) is -0.413. The molecule has 1 aromatic carbocycles. The van der Waals surface area contributed by atoms with E-state index in [0.717, 1.165) is 24.9 Å². The quantitative estimate of drug-likeness (QED) is 0.657. The Balaban J connectivity index is 1.30. The number of anilines is 1. The summed E-state index contributed by atoms with van der Waals surface area (Å²) in [5.74, 6) is -0.0790. The van der Waals surface area contributed by atoms with Crippen molar-refractivity contribution in [2.45, 2.75) is 94.4 Å². The van der Waals surface area contributed by atoms with Crippen molar-refractivity contribution in [3.63, 3.8) is 0 Å². The van der Waals surface area contributed by atoms with E-state index in [1.165, 1.54) is 19.3 Å². The van der Waals surface area contributed by atoms with Crippen LogP contribution in [0.1, 0.15) is 72.1 Å². The molecule has 3 saturated heterocycles. The fraction of sp³-hybridized carbons (Fsp3) is 0.720. The van der Waals surface area contributed by atoms with Crippen molar-refractivity contribution in [2.75, 3.05) is 24.5 Å². The Labute approximate surface area is 208 Å². The van der Waals surface area contributed by atoms with Gasteiger partial charge < -0.3 is 15.0 Å². The number of nitrogens with zero attached hydrogens (tertiary/aromatic N) is 2. The summed E-state index contributed by atoms with van der Waals surface area (Å²) < 4.78 is 35.0. The van der Waals surface area contributed by atoms with Gasteiger partial charge in [-0.1, -0.05) is 30.9 Å². The van der Waals surface area contributed by atoms with Gasteiger partial charge in [0.15, 0.2) is 0 Å². The van der Waals surface area contributed by atoms with Crippen LogP contribution in [-0.4, -0.2) is 55.6 Å². The molecule has 5 rings (SSSR count). The van der Waals surface area contributed by atoms with E-state index in [0.29, 0.717) is 32.5 Å². The molecule has 4 fully saturated rings. The number of amides is 1. The standard InChI is InChI=1S/C25H36ClN3O4S/c1-18-16-24(9-5-4-6-10-24)17-29(18)34(31,32)21-8-7-19(15-20(21)26)28-13-11-25(12-14-28)27-22(30)23(2,3)33-25/h7-8,15,18H,4-6,9-14,16-17H2,1-3H3,(H,27,30)/t18-/m0/s1. The van der Waals surface area contributed by atoms with Crippen LogP contribution in [0, 0.1) is 5.41 Å². The molecule has 1 aromatic rings. The van der Waals surface area contributed by atoms with Gasteiger partial charge in [0.05, 0.1) is 5.02 Å². The van der Waals surface area contributed by atoms with Crippen LogP contribution in [-0.2, 0) is 19.6 Å². The zero-order valence-electron chi connectivity index (χ0n) is 20.4. The average Bonchev–Trinajstić information content (AvgIpc) is 3.21. The van der Waals surface area contributed by atoms with Crippen LogP contribution in [0.5, 0.6) is 0 Å². The fourth-order valence-electron chi connectivity index (χ4n) is 6.56. The number of rotatable bonds is 3. The van der Waals surface area contributed by atoms with Crippen LogP contribution in [0.25, 0.3) is 0 Å². The first-order chi connectivity index (χ1) is 16.0. The topological polar surface area (TPSA) is 79.0 Å². The molecular formula is C25H36ClN3O4S. The summed E-state index contributed by atoms with van der Waals surface area (Å²) in [6.07, 6.45) is 8.14. The van der Waals surface area contributed by atoms with E-state index in [-0.39, 0.29) is 27.3 Å². The van der Waals surface area contributed by atoms with Crippen LogP contribution in [0.15, 0.2) is 23.1 Å².